The van der Waals surface area contributed by atoms with E-state index >= 15 is 0 Å². The Hall–Kier alpha value is -3.80. The summed E-state index contributed by atoms with van der Waals surface area (Å²) in [6, 6.07) is 19.8. The second-order valence-corrected chi connectivity index (χ2v) is 6.06. The number of hydrogen-bond acceptors (Lipinski definition) is 5. The van der Waals surface area contributed by atoms with E-state index in [9.17, 15) is 14.7 Å². The molecule has 0 amide bonds. The van der Waals surface area contributed by atoms with E-state index in [2.05, 4.69) is 4.74 Å². The first-order chi connectivity index (χ1) is 13.0. The van der Waals surface area contributed by atoms with Crippen LogP contribution in [0.25, 0.3) is 0 Å². The number of carbonyl (C=O) groups is 2. The van der Waals surface area contributed by atoms with Crippen LogP contribution in [0.2, 0.25) is 0 Å². The lowest BCUT2D eigenvalue weighted by Crippen LogP contribution is -2.29. The third-order valence-corrected chi connectivity index (χ3v) is 4.51. The van der Waals surface area contributed by atoms with Crippen molar-refractivity contribution in [1.29, 1.82) is 0 Å². The number of esters is 1. The molecular weight excluding hydrogens is 348 g/mol. The molecule has 0 aromatic heterocycles. The minimum Gasteiger partial charge on any atom is -0.508 e. The third kappa shape index (κ3) is 2.67. The minimum absolute atomic E-state index is 0.0942. The first kappa shape index (κ1) is 16.7. The summed E-state index contributed by atoms with van der Waals surface area (Å²) in [5.74, 6) is -0.203. The Kier molecular flexibility index (Phi) is 3.81. The van der Waals surface area contributed by atoms with E-state index in [0.717, 1.165) is 0 Å². The quantitative estimate of drug-likeness (QED) is 0.542. The van der Waals surface area contributed by atoms with Crippen LogP contribution in [0, 0.1) is 0 Å². The highest BCUT2D eigenvalue weighted by Crippen LogP contribution is 2.47. The standard InChI is InChI=1S/C21H14O6/c22-15-9-5-13(6-10-15)21(14-7-11-16(12-8-14)26-20(24)25)18-4-2-1-3-17(18)19(23)27-21/h1-12,22H,(H,24,25). The van der Waals surface area contributed by atoms with Gasteiger partial charge in [-0.1, -0.05) is 42.5 Å². The van der Waals surface area contributed by atoms with Crippen LogP contribution in [0.1, 0.15) is 27.0 Å². The van der Waals surface area contributed by atoms with Crippen LogP contribution in [0.3, 0.4) is 0 Å². The molecule has 27 heavy (non-hydrogen) atoms. The van der Waals surface area contributed by atoms with Gasteiger partial charge in [0.1, 0.15) is 11.5 Å². The van der Waals surface area contributed by atoms with Crippen molar-refractivity contribution in [2.45, 2.75) is 5.60 Å². The van der Waals surface area contributed by atoms with Crippen molar-refractivity contribution in [2.75, 3.05) is 0 Å². The smallest absolute Gasteiger partial charge is 0.508 e. The molecule has 4 rings (SSSR count). The van der Waals surface area contributed by atoms with Gasteiger partial charge < -0.3 is 19.7 Å². The van der Waals surface area contributed by atoms with Gasteiger partial charge in [-0.15, -0.1) is 0 Å². The van der Waals surface area contributed by atoms with Gasteiger partial charge in [0, 0.05) is 16.7 Å². The fraction of sp³-hybridized carbons (Fsp3) is 0.0476. The van der Waals surface area contributed by atoms with Crippen LogP contribution < -0.4 is 4.74 Å². The molecule has 6 nitrogen and oxygen atoms in total. The van der Waals surface area contributed by atoms with Crippen molar-refractivity contribution in [3.63, 3.8) is 0 Å². The van der Waals surface area contributed by atoms with Gasteiger partial charge in [-0.2, -0.15) is 0 Å². The number of cyclic esters (lactones) is 1. The number of carbonyl (C=O) groups excluding carboxylic acids is 1. The monoisotopic (exact) mass is 362 g/mol. The molecule has 0 bridgehead atoms. The summed E-state index contributed by atoms with van der Waals surface area (Å²) in [7, 11) is 0. The Labute approximate surface area is 154 Å². The molecule has 2 N–H and O–H groups in total. The molecule has 1 aliphatic rings. The molecule has 0 spiro atoms. The number of phenolic OH excluding ortho intramolecular Hbond substituents is 1. The highest BCUT2D eigenvalue weighted by molar-refractivity contribution is 5.96. The molecule has 3 aromatic carbocycles. The molecule has 1 unspecified atom stereocenters. The van der Waals surface area contributed by atoms with Crippen LogP contribution in [-0.4, -0.2) is 22.3 Å². The number of rotatable bonds is 3. The predicted octanol–water partition coefficient (Wildman–Crippen LogP) is 3.91. The Morgan fingerprint density at radius 2 is 1.48 bits per heavy atom. The van der Waals surface area contributed by atoms with E-state index in [1.807, 2.05) is 12.1 Å². The Bertz CT molecular complexity index is 1020. The molecule has 1 atom stereocenters. The van der Waals surface area contributed by atoms with Gasteiger partial charge in [-0.25, -0.2) is 9.59 Å². The summed E-state index contributed by atoms with van der Waals surface area (Å²) in [5.41, 5.74) is 1.21. The maximum absolute atomic E-state index is 12.5. The van der Waals surface area contributed by atoms with Gasteiger partial charge in [0.2, 0.25) is 0 Å². The number of carboxylic acid groups (broad SMARTS) is 1. The molecule has 134 valence electrons. The Balaban J connectivity index is 1.92. The van der Waals surface area contributed by atoms with Gasteiger partial charge in [0.25, 0.3) is 0 Å². The van der Waals surface area contributed by atoms with E-state index in [1.165, 1.54) is 24.3 Å². The highest BCUT2D eigenvalue weighted by Gasteiger charge is 2.48. The highest BCUT2D eigenvalue weighted by atomic mass is 16.7. The lowest BCUT2D eigenvalue weighted by atomic mass is 9.80. The molecule has 0 fully saturated rings. The SMILES string of the molecule is O=C(O)Oc1ccc(C2(c3ccc(O)cc3)OC(=O)c3ccccc32)cc1. The van der Waals surface area contributed by atoms with Crippen LogP contribution in [-0.2, 0) is 10.3 Å². The minimum atomic E-state index is -1.41. The fourth-order valence-electron chi connectivity index (χ4n) is 3.37. The summed E-state index contributed by atoms with van der Waals surface area (Å²) >= 11 is 0. The molecule has 0 saturated carbocycles. The summed E-state index contributed by atoms with van der Waals surface area (Å²) in [6.45, 7) is 0. The maximum atomic E-state index is 12.5. The van der Waals surface area contributed by atoms with Gasteiger partial charge in [-0.3, -0.25) is 0 Å². The average Bonchev–Trinajstić information content (AvgIpc) is 2.97. The summed E-state index contributed by atoms with van der Waals surface area (Å²) < 4.78 is 10.5. The summed E-state index contributed by atoms with van der Waals surface area (Å²) in [6.07, 6.45) is -1.41. The number of ether oxygens (including phenoxy) is 2. The van der Waals surface area contributed by atoms with Crippen molar-refractivity contribution in [2.24, 2.45) is 0 Å². The predicted molar refractivity (Wildman–Crippen MR) is 94.9 cm³/mol. The normalized spacial score (nSPS) is 17.9. The first-order valence-corrected chi connectivity index (χ1v) is 8.14. The fourth-order valence-corrected chi connectivity index (χ4v) is 3.37. The van der Waals surface area contributed by atoms with E-state index < -0.39 is 17.7 Å². The molecule has 1 aliphatic heterocycles. The zero-order chi connectivity index (χ0) is 19.0. The van der Waals surface area contributed by atoms with Gasteiger partial charge >= 0.3 is 12.1 Å². The summed E-state index contributed by atoms with van der Waals surface area (Å²) in [4.78, 5) is 23.3. The maximum Gasteiger partial charge on any atom is 0.511 e. The number of benzene rings is 3. The van der Waals surface area contributed by atoms with Crippen LogP contribution in [0.5, 0.6) is 11.5 Å². The molecule has 6 heteroatoms. The van der Waals surface area contributed by atoms with E-state index in [-0.39, 0.29) is 11.5 Å². The average molecular weight is 362 g/mol. The number of fused-ring (bicyclic) bond motifs is 1. The zero-order valence-electron chi connectivity index (χ0n) is 14.0. The topological polar surface area (TPSA) is 93.1 Å². The largest absolute Gasteiger partial charge is 0.511 e. The van der Waals surface area contributed by atoms with Crippen LogP contribution in [0.4, 0.5) is 4.79 Å². The molecule has 0 radical (unpaired) electrons. The molecule has 0 saturated heterocycles. The van der Waals surface area contributed by atoms with Crippen LogP contribution in [0.15, 0.2) is 72.8 Å². The Morgan fingerprint density at radius 1 is 0.889 bits per heavy atom. The summed E-state index contributed by atoms with van der Waals surface area (Å²) in [5, 5.41) is 18.4. The van der Waals surface area contributed by atoms with Gasteiger partial charge in [0.15, 0.2) is 5.60 Å². The molecular formula is C21H14O6. The second-order valence-electron chi connectivity index (χ2n) is 6.06. The molecule has 0 aliphatic carbocycles. The molecule has 1 heterocycles. The van der Waals surface area contributed by atoms with E-state index in [0.29, 0.717) is 22.3 Å². The number of hydrogen-bond donors (Lipinski definition) is 2. The number of aromatic hydroxyl groups is 1. The first-order valence-electron chi connectivity index (χ1n) is 8.14. The van der Waals surface area contributed by atoms with E-state index in [1.54, 1.807) is 36.4 Å². The molecule has 3 aromatic rings. The zero-order valence-corrected chi connectivity index (χ0v) is 14.0. The van der Waals surface area contributed by atoms with Gasteiger partial charge in [0.05, 0.1) is 5.56 Å². The van der Waals surface area contributed by atoms with Crippen molar-refractivity contribution in [1.82, 2.24) is 0 Å². The van der Waals surface area contributed by atoms with Gasteiger partial charge in [-0.05, 0) is 30.3 Å². The third-order valence-electron chi connectivity index (χ3n) is 4.51. The van der Waals surface area contributed by atoms with Crippen molar-refractivity contribution >= 4 is 12.1 Å². The van der Waals surface area contributed by atoms with Crippen molar-refractivity contribution < 1.29 is 29.3 Å². The van der Waals surface area contributed by atoms with Crippen molar-refractivity contribution in [3.05, 3.63) is 95.1 Å². The number of phenols is 1. The lowest BCUT2D eigenvalue weighted by molar-refractivity contribution is 0.0251. The van der Waals surface area contributed by atoms with E-state index in [4.69, 9.17) is 9.84 Å². The van der Waals surface area contributed by atoms with Crippen LogP contribution >= 0.6 is 0 Å². The van der Waals surface area contributed by atoms with Crippen molar-refractivity contribution in [3.8, 4) is 11.5 Å². The lowest BCUT2D eigenvalue weighted by Gasteiger charge is -2.30. The Morgan fingerprint density at radius 3 is 2.11 bits per heavy atom. The second kappa shape index (κ2) is 6.17.